The highest BCUT2D eigenvalue weighted by atomic mass is 28.5. The molecular formula is C22H48O11Si3. The number of hydrogen-bond donors (Lipinski definition) is 5. The molecule has 0 spiro atoms. The Morgan fingerprint density at radius 1 is 0.750 bits per heavy atom. The summed E-state index contributed by atoms with van der Waals surface area (Å²) in [5.41, 5.74) is 0. The van der Waals surface area contributed by atoms with Crippen LogP contribution in [0.5, 0.6) is 0 Å². The maximum atomic E-state index is 10.7. The summed E-state index contributed by atoms with van der Waals surface area (Å²) in [6.45, 7) is 14.6. The Labute approximate surface area is 218 Å². The minimum Gasteiger partial charge on any atom is -0.437 e. The fourth-order valence-corrected chi connectivity index (χ4v) is 17.2. The van der Waals surface area contributed by atoms with Crippen LogP contribution in [0.3, 0.4) is 0 Å². The fraction of sp³-hybridized carbons (Fsp3) is 1.00. The van der Waals surface area contributed by atoms with Gasteiger partial charge in [0, 0.05) is 19.4 Å². The summed E-state index contributed by atoms with van der Waals surface area (Å²) in [5.74, 6) is 0. The van der Waals surface area contributed by atoms with Crippen molar-refractivity contribution in [2.45, 2.75) is 120 Å². The van der Waals surface area contributed by atoms with E-state index in [1.54, 1.807) is 0 Å². The summed E-state index contributed by atoms with van der Waals surface area (Å²) in [5, 5.41) is 49.8. The predicted octanol–water partition coefficient (Wildman–Crippen LogP) is 0.851. The Balaban J connectivity index is 1.88. The zero-order valence-electron chi connectivity index (χ0n) is 22.8. The second-order valence-corrected chi connectivity index (χ2v) is 24.7. The molecule has 2 heterocycles. The number of ether oxygens (including phenoxy) is 4. The number of rotatable bonds is 13. The minimum atomic E-state index is -2.37. The molecule has 8 unspecified atom stereocenters. The van der Waals surface area contributed by atoms with Crippen LogP contribution in [0.4, 0.5) is 0 Å². The molecule has 2 rings (SSSR count). The van der Waals surface area contributed by atoms with E-state index in [-0.39, 0.29) is 12.8 Å². The third-order valence-corrected chi connectivity index (χ3v) is 15.4. The van der Waals surface area contributed by atoms with Crippen LogP contribution in [0.2, 0.25) is 51.9 Å². The molecule has 0 aromatic carbocycles. The first kappa shape index (κ1) is 32.4. The van der Waals surface area contributed by atoms with Crippen molar-refractivity contribution in [2.24, 2.45) is 0 Å². The molecule has 0 saturated carbocycles. The van der Waals surface area contributed by atoms with E-state index in [9.17, 15) is 25.5 Å². The summed E-state index contributed by atoms with van der Waals surface area (Å²) in [6, 6.07) is 0.783. The highest BCUT2D eigenvalue weighted by molar-refractivity contribution is 6.87. The van der Waals surface area contributed by atoms with Crippen LogP contribution < -0.4 is 0 Å². The average Bonchev–Trinajstić information content (AvgIpc) is 2.72. The van der Waals surface area contributed by atoms with Gasteiger partial charge < -0.3 is 52.7 Å². The molecule has 8 atom stereocenters. The van der Waals surface area contributed by atoms with E-state index in [0.717, 1.165) is 12.5 Å². The van der Waals surface area contributed by atoms with Crippen LogP contribution in [0.15, 0.2) is 0 Å². The minimum absolute atomic E-state index is 0.0411. The predicted molar refractivity (Wildman–Crippen MR) is 139 cm³/mol. The average molecular weight is 573 g/mol. The van der Waals surface area contributed by atoms with E-state index in [4.69, 9.17) is 27.2 Å². The Morgan fingerprint density at radius 3 is 1.81 bits per heavy atom. The lowest BCUT2D eigenvalue weighted by Gasteiger charge is -2.43. The van der Waals surface area contributed by atoms with Crippen molar-refractivity contribution in [3.05, 3.63) is 0 Å². The lowest BCUT2D eigenvalue weighted by Crippen LogP contribution is -2.56. The van der Waals surface area contributed by atoms with Crippen LogP contribution in [0.1, 0.15) is 19.3 Å². The summed E-state index contributed by atoms with van der Waals surface area (Å²) in [7, 11) is -5.94. The van der Waals surface area contributed by atoms with Crippen LogP contribution in [0.25, 0.3) is 0 Å². The molecule has 14 heteroatoms. The molecule has 0 aromatic heterocycles. The van der Waals surface area contributed by atoms with Crippen LogP contribution >= 0.6 is 0 Å². The van der Waals surface area contributed by atoms with Gasteiger partial charge in [-0.2, -0.15) is 0 Å². The molecule has 0 amide bonds. The number of hydrogen-bond acceptors (Lipinski definition) is 11. The van der Waals surface area contributed by atoms with E-state index in [2.05, 4.69) is 45.8 Å². The highest BCUT2D eigenvalue weighted by Gasteiger charge is 2.44. The van der Waals surface area contributed by atoms with E-state index in [1.807, 2.05) is 0 Å². The molecule has 0 aliphatic carbocycles. The quantitative estimate of drug-likeness (QED) is 0.157. The van der Waals surface area contributed by atoms with Crippen molar-refractivity contribution < 1.29 is 52.7 Å². The van der Waals surface area contributed by atoms with E-state index in [1.165, 1.54) is 0 Å². The third kappa shape index (κ3) is 10.4. The SMILES string of the molecule is C[Si](C)(C)O[Si](C)(CCCOC1CC(O)C(OC2CC(O)C(O)C(CO)O2)C(CO)O1)O[Si](C)(C)C. The second kappa shape index (κ2) is 13.5. The molecule has 0 bridgehead atoms. The number of aliphatic hydroxyl groups excluding tert-OH is 5. The number of aliphatic hydroxyl groups is 5. The van der Waals surface area contributed by atoms with Crippen LogP contribution in [-0.2, 0) is 27.2 Å². The van der Waals surface area contributed by atoms with Gasteiger partial charge in [0.2, 0.25) is 0 Å². The van der Waals surface area contributed by atoms with Gasteiger partial charge in [0.25, 0.3) is 0 Å². The monoisotopic (exact) mass is 572 g/mol. The Kier molecular flexibility index (Phi) is 12.2. The van der Waals surface area contributed by atoms with Crippen molar-refractivity contribution in [3.63, 3.8) is 0 Å². The summed E-state index contributed by atoms with van der Waals surface area (Å²) in [4.78, 5) is 0. The van der Waals surface area contributed by atoms with E-state index >= 15 is 0 Å². The fourth-order valence-electron chi connectivity index (χ4n) is 4.70. The van der Waals surface area contributed by atoms with Gasteiger partial charge in [0.15, 0.2) is 29.2 Å². The topological polar surface area (TPSA) is 157 Å². The zero-order valence-corrected chi connectivity index (χ0v) is 25.8. The molecule has 2 saturated heterocycles. The van der Waals surface area contributed by atoms with Crippen molar-refractivity contribution >= 4 is 25.2 Å². The van der Waals surface area contributed by atoms with Gasteiger partial charge in [-0.05, 0) is 58.3 Å². The smallest absolute Gasteiger partial charge is 0.314 e. The normalized spacial score (nSPS) is 34.7. The first-order valence-corrected chi connectivity index (χ1v) is 22.1. The molecule has 2 fully saturated rings. The lowest BCUT2D eigenvalue weighted by molar-refractivity contribution is -0.320. The van der Waals surface area contributed by atoms with Gasteiger partial charge in [-0.15, -0.1) is 0 Å². The van der Waals surface area contributed by atoms with Gasteiger partial charge in [-0.1, -0.05) is 0 Å². The highest BCUT2D eigenvalue weighted by Crippen LogP contribution is 2.30. The zero-order chi connectivity index (χ0) is 27.3. The summed E-state index contributed by atoms with van der Waals surface area (Å²) >= 11 is 0. The molecule has 5 N–H and O–H groups in total. The standard InChI is InChI=1S/C22H48O11Si3/c1-34(2,3)32-36(7,33-35(4,5)6)10-8-9-28-19-12-16(26)22(18(14-24)30-19)31-20-11-15(25)21(27)17(13-23)29-20/h15-27H,8-14H2,1-7H3. The largest absolute Gasteiger partial charge is 0.437 e. The molecule has 2 aliphatic rings. The molecule has 2 aliphatic heterocycles. The van der Waals surface area contributed by atoms with Crippen molar-refractivity contribution in [1.29, 1.82) is 0 Å². The van der Waals surface area contributed by atoms with E-state index < -0.39 is 87.6 Å². The Bertz CT molecular complexity index is 644. The molecular weight excluding hydrogens is 524 g/mol. The first-order valence-electron chi connectivity index (χ1n) is 12.8. The van der Waals surface area contributed by atoms with E-state index in [0.29, 0.717) is 6.61 Å². The maximum absolute atomic E-state index is 10.7. The molecule has 214 valence electrons. The molecule has 0 radical (unpaired) electrons. The summed E-state index contributed by atoms with van der Waals surface area (Å²) in [6.07, 6.45) is -7.07. The van der Waals surface area contributed by atoms with Gasteiger partial charge in [-0.25, -0.2) is 0 Å². The summed E-state index contributed by atoms with van der Waals surface area (Å²) < 4.78 is 36.1. The van der Waals surface area contributed by atoms with Crippen molar-refractivity contribution in [2.75, 3.05) is 19.8 Å². The lowest BCUT2D eigenvalue weighted by atomic mass is 10.00. The molecule has 36 heavy (non-hydrogen) atoms. The van der Waals surface area contributed by atoms with Gasteiger partial charge in [0.1, 0.15) is 24.4 Å². The third-order valence-electron chi connectivity index (χ3n) is 5.83. The molecule has 11 nitrogen and oxygen atoms in total. The van der Waals surface area contributed by atoms with Gasteiger partial charge in [-0.3, -0.25) is 0 Å². The molecule has 0 aromatic rings. The van der Waals surface area contributed by atoms with Crippen molar-refractivity contribution in [1.82, 2.24) is 0 Å². The maximum Gasteiger partial charge on any atom is 0.314 e. The van der Waals surface area contributed by atoms with Crippen molar-refractivity contribution in [3.8, 4) is 0 Å². The van der Waals surface area contributed by atoms with Crippen LogP contribution in [-0.4, -0.2) is 120 Å². The van der Waals surface area contributed by atoms with Crippen LogP contribution in [0, 0.1) is 0 Å². The second-order valence-electron chi connectivity index (χ2n) is 11.8. The van der Waals surface area contributed by atoms with Gasteiger partial charge in [0.05, 0.1) is 25.4 Å². The Hall–Kier alpha value is 0.211. The van der Waals surface area contributed by atoms with Gasteiger partial charge >= 0.3 is 8.56 Å². The Morgan fingerprint density at radius 2 is 1.28 bits per heavy atom. The first-order chi connectivity index (χ1) is 16.6.